The minimum Gasteiger partial charge on any atom is -0.394 e. The van der Waals surface area contributed by atoms with Gasteiger partial charge in [0.2, 0.25) is 0 Å². The molecule has 0 aromatic carbocycles. The van der Waals surface area contributed by atoms with Crippen LogP contribution in [0.2, 0.25) is 0 Å². The molecule has 1 fully saturated rings. The van der Waals surface area contributed by atoms with E-state index >= 15 is 0 Å². The van der Waals surface area contributed by atoms with Gasteiger partial charge in [0.25, 0.3) is 11.5 Å². The lowest BCUT2D eigenvalue weighted by Gasteiger charge is -2.22. The lowest BCUT2D eigenvalue weighted by molar-refractivity contribution is -0.141. The zero-order valence-electron chi connectivity index (χ0n) is 10.4. The number of alkyl halides is 3. The molecule has 1 aliphatic heterocycles. The third-order valence-electron chi connectivity index (χ3n) is 3.29. The number of H-pyrrole nitrogens is 1. The van der Waals surface area contributed by atoms with Crippen LogP contribution in [0.15, 0.2) is 16.9 Å². The molecule has 0 spiro atoms. The van der Waals surface area contributed by atoms with Crippen molar-refractivity contribution in [3.8, 4) is 0 Å². The van der Waals surface area contributed by atoms with E-state index in [1.807, 2.05) is 0 Å². The molecule has 110 valence electrons. The number of nitrogens with one attached hydrogen (secondary N) is 1. The highest BCUT2D eigenvalue weighted by atomic mass is 19.4. The molecule has 1 amide bonds. The number of pyridine rings is 1. The Morgan fingerprint density at radius 2 is 2.15 bits per heavy atom. The summed E-state index contributed by atoms with van der Waals surface area (Å²) in [6, 6.07) is 1.15. The van der Waals surface area contributed by atoms with Crippen LogP contribution in [0.3, 0.4) is 0 Å². The lowest BCUT2D eigenvalue weighted by atomic mass is 10.2. The SMILES string of the molecule is O=C(c1ccc(C(F)(F)F)[nH]c1=O)N1CCC[C@H]1CO. The maximum Gasteiger partial charge on any atom is 0.431 e. The first kappa shape index (κ1) is 14.6. The molecule has 1 saturated heterocycles. The van der Waals surface area contributed by atoms with Gasteiger partial charge in [-0.05, 0) is 25.0 Å². The monoisotopic (exact) mass is 290 g/mol. The van der Waals surface area contributed by atoms with Gasteiger partial charge in [-0.2, -0.15) is 13.2 Å². The Morgan fingerprint density at radius 3 is 2.70 bits per heavy atom. The first-order valence-electron chi connectivity index (χ1n) is 6.07. The van der Waals surface area contributed by atoms with Gasteiger partial charge in [-0.25, -0.2) is 0 Å². The number of aromatic nitrogens is 1. The molecule has 8 heteroatoms. The van der Waals surface area contributed by atoms with Gasteiger partial charge in [-0.3, -0.25) is 9.59 Å². The van der Waals surface area contributed by atoms with Gasteiger partial charge < -0.3 is 15.0 Å². The number of aliphatic hydroxyl groups excluding tert-OH is 1. The van der Waals surface area contributed by atoms with Crippen molar-refractivity contribution in [1.29, 1.82) is 0 Å². The third-order valence-corrected chi connectivity index (χ3v) is 3.29. The van der Waals surface area contributed by atoms with Gasteiger partial charge in [-0.15, -0.1) is 0 Å². The molecule has 1 atom stereocenters. The molecule has 1 aromatic heterocycles. The van der Waals surface area contributed by atoms with E-state index in [1.165, 1.54) is 4.90 Å². The maximum atomic E-state index is 12.4. The zero-order valence-corrected chi connectivity index (χ0v) is 10.4. The van der Waals surface area contributed by atoms with Crippen LogP contribution in [-0.2, 0) is 6.18 Å². The average molecular weight is 290 g/mol. The summed E-state index contributed by atoms with van der Waals surface area (Å²) < 4.78 is 37.3. The van der Waals surface area contributed by atoms with Gasteiger partial charge >= 0.3 is 6.18 Å². The molecule has 20 heavy (non-hydrogen) atoms. The number of halogens is 3. The van der Waals surface area contributed by atoms with Crippen molar-refractivity contribution in [2.75, 3.05) is 13.2 Å². The Bertz CT molecular complexity index is 568. The highest BCUT2D eigenvalue weighted by molar-refractivity contribution is 5.94. The summed E-state index contributed by atoms with van der Waals surface area (Å²) >= 11 is 0. The number of hydrogen-bond donors (Lipinski definition) is 2. The second-order valence-electron chi connectivity index (χ2n) is 4.59. The van der Waals surface area contributed by atoms with Gasteiger partial charge in [0.1, 0.15) is 11.3 Å². The number of carbonyl (C=O) groups is 1. The Kier molecular flexibility index (Phi) is 3.85. The van der Waals surface area contributed by atoms with E-state index in [9.17, 15) is 22.8 Å². The molecule has 1 aromatic rings. The molecule has 2 rings (SSSR count). The van der Waals surface area contributed by atoms with Gasteiger partial charge in [0, 0.05) is 6.54 Å². The summed E-state index contributed by atoms with van der Waals surface area (Å²) in [6.45, 7) is 0.148. The summed E-state index contributed by atoms with van der Waals surface area (Å²) in [5.74, 6) is -0.656. The van der Waals surface area contributed by atoms with Crippen LogP contribution in [0, 0.1) is 0 Å². The predicted octanol–water partition coefficient (Wildman–Crippen LogP) is 0.991. The number of hydrogen-bond acceptors (Lipinski definition) is 3. The summed E-state index contributed by atoms with van der Waals surface area (Å²) in [4.78, 5) is 26.7. The number of rotatable bonds is 2. The van der Waals surface area contributed by atoms with E-state index in [0.717, 1.165) is 6.07 Å². The van der Waals surface area contributed by atoms with Gasteiger partial charge in [0.15, 0.2) is 0 Å². The van der Waals surface area contributed by atoms with E-state index in [2.05, 4.69) is 0 Å². The molecule has 0 radical (unpaired) electrons. The van der Waals surface area contributed by atoms with Crippen LogP contribution >= 0.6 is 0 Å². The Labute approximate surface area is 112 Å². The normalized spacial score (nSPS) is 19.4. The van der Waals surface area contributed by atoms with E-state index in [-0.39, 0.29) is 18.2 Å². The number of amides is 1. The summed E-state index contributed by atoms with van der Waals surface area (Å²) in [5, 5.41) is 9.12. The second-order valence-corrected chi connectivity index (χ2v) is 4.59. The molecular formula is C12H13F3N2O3. The number of aliphatic hydroxyl groups is 1. The summed E-state index contributed by atoms with van der Waals surface area (Å²) in [5.41, 5.74) is -2.62. The van der Waals surface area contributed by atoms with E-state index < -0.39 is 23.3 Å². The quantitative estimate of drug-likeness (QED) is 0.853. The molecule has 0 bridgehead atoms. The fourth-order valence-corrected chi connectivity index (χ4v) is 2.26. The molecule has 1 aliphatic rings. The number of likely N-dealkylation sites (tertiary alicyclic amines) is 1. The lowest BCUT2D eigenvalue weighted by Crippen LogP contribution is -2.40. The highest BCUT2D eigenvalue weighted by Gasteiger charge is 2.34. The first-order chi connectivity index (χ1) is 9.34. The van der Waals surface area contributed by atoms with Crippen molar-refractivity contribution in [3.63, 3.8) is 0 Å². The van der Waals surface area contributed by atoms with E-state index in [1.54, 1.807) is 4.98 Å². The van der Waals surface area contributed by atoms with Crippen LogP contribution in [0.5, 0.6) is 0 Å². The molecular weight excluding hydrogens is 277 g/mol. The fourth-order valence-electron chi connectivity index (χ4n) is 2.26. The van der Waals surface area contributed by atoms with Gasteiger partial charge in [-0.1, -0.05) is 0 Å². The molecule has 2 N–H and O–H groups in total. The van der Waals surface area contributed by atoms with Crippen LogP contribution in [0.1, 0.15) is 28.9 Å². The maximum absolute atomic E-state index is 12.4. The van der Waals surface area contributed by atoms with E-state index in [4.69, 9.17) is 5.11 Å². The predicted molar refractivity (Wildman–Crippen MR) is 63.2 cm³/mol. The van der Waals surface area contributed by atoms with Crippen molar-refractivity contribution in [2.24, 2.45) is 0 Å². The summed E-state index contributed by atoms with van der Waals surface area (Å²) in [6.07, 6.45) is -3.36. The Hall–Kier alpha value is -1.83. The number of nitrogens with zero attached hydrogens (tertiary/aromatic N) is 1. The highest BCUT2D eigenvalue weighted by Crippen LogP contribution is 2.26. The van der Waals surface area contributed by atoms with Crippen molar-refractivity contribution >= 4 is 5.91 Å². The van der Waals surface area contributed by atoms with Crippen molar-refractivity contribution < 1.29 is 23.1 Å². The zero-order chi connectivity index (χ0) is 14.9. The minimum absolute atomic E-state index is 0.232. The smallest absolute Gasteiger partial charge is 0.394 e. The standard InChI is InChI=1S/C12H13F3N2O3/c13-12(14,15)9-4-3-8(10(19)16-9)11(20)17-5-1-2-7(17)6-18/h3-4,7,18H,1-2,5-6H2,(H,16,19)/t7-/m0/s1. The fraction of sp³-hybridized carbons (Fsp3) is 0.500. The van der Waals surface area contributed by atoms with Crippen molar-refractivity contribution in [3.05, 3.63) is 33.7 Å². The number of carbonyl (C=O) groups excluding carboxylic acids is 1. The molecule has 0 saturated carbocycles. The van der Waals surface area contributed by atoms with Crippen LogP contribution in [-0.4, -0.2) is 40.1 Å². The van der Waals surface area contributed by atoms with Crippen LogP contribution in [0.4, 0.5) is 13.2 Å². The van der Waals surface area contributed by atoms with Crippen LogP contribution in [0.25, 0.3) is 0 Å². The topological polar surface area (TPSA) is 73.4 Å². The molecule has 0 unspecified atom stereocenters. The first-order valence-corrected chi connectivity index (χ1v) is 6.07. The van der Waals surface area contributed by atoms with Crippen molar-refractivity contribution in [2.45, 2.75) is 25.1 Å². The van der Waals surface area contributed by atoms with Crippen LogP contribution < -0.4 is 5.56 Å². The summed E-state index contributed by atoms with van der Waals surface area (Å²) in [7, 11) is 0. The molecule has 5 nitrogen and oxygen atoms in total. The Morgan fingerprint density at radius 1 is 1.45 bits per heavy atom. The third kappa shape index (κ3) is 2.69. The minimum atomic E-state index is -4.66. The Balaban J connectivity index is 2.30. The second kappa shape index (κ2) is 5.28. The van der Waals surface area contributed by atoms with E-state index in [0.29, 0.717) is 25.5 Å². The van der Waals surface area contributed by atoms with Gasteiger partial charge in [0.05, 0.1) is 12.6 Å². The largest absolute Gasteiger partial charge is 0.431 e. The molecule has 0 aliphatic carbocycles. The average Bonchev–Trinajstić information content (AvgIpc) is 2.85. The van der Waals surface area contributed by atoms with Crippen molar-refractivity contribution in [1.82, 2.24) is 9.88 Å². The molecule has 2 heterocycles. The number of aromatic amines is 1.